The summed E-state index contributed by atoms with van der Waals surface area (Å²) in [6.45, 7) is 1.12. The zero-order valence-electron chi connectivity index (χ0n) is 15.0. The second-order valence-corrected chi connectivity index (χ2v) is 9.01. The molecule has 0 saturated carbocycles. The van der Waals surface area contributed by atoms with E-state index in [1.807, 2.05) is 9.23 Å². The molecule has 0 radical (unpaired) electrons. The summed E-state index contributed by atoms with van der Waals surface area (Å²) in [6, 6.07) is 1.55. The van der Waals surface area contributed by atoms with Crippen LogP contribution in [0.4, 0.5) is 10.1 Å². The smallest absolute Gasteiger partial charge is 0.262 e. The molecule has 0 spiro atoms. The maximum Gasteiger partial charge on any atom is 0.262 e. The van der Waals surface area contributed by atoms with Gasteiger partial charge < -0.3 is 4.90 Å². The third-order valence-corrected chi connectivity index (χ3v) is 6.94. The van der Waals surface area contributed by atoms with Gasteiger partial charge in [-0.2, -0.15) is 5.10 Å². The van der Waals surface area contributed by atoms with Crippen LogP contribution in [0.3, 0.4) is 0 Å². The van der Waals surface area contributed by atoms with E-state index in [9.17, 15) is 23.6 Å². The average molecular weight is 511 g/mol. The Hall–Kier alpha value is -2.70. The van der Waals surface area contributed by atoms with Gasteiger partial charge in [-0.25, -0.2) is 4.39 Å². The van der Waals surface area contributed by atoms with Crippen molar-refractivity contribution in [3.63, 3.8) is 0 Å². The maximum absolute atomic E-state index is 14.7. The minimum atomic E-state index is -1.06. The first-order chi connectivity index (χ1) is 13.9. The fraction of sp³-hybridized carbons (Fsp3) is 0.333. The number of rotatable bonds is 3. The monoisotopic (exact) mass is 511 g/mol. The molecule has 5 rings (SSSR count). The fourth-order valence-electron chi connectivity index (χ4n) is 3.90. The van der Waals surface area contributed by atoms with Gasteiger partial charge in [-0.05, 0) is 18.6 Å². The van der Waals surface area contributed by atoms with Crippen LogP contribution in [0, 0.1) is 5.82 Å². The Morgan fingerprint density at radius 3 is 2.48 bits per heavy atom. The number of anilines is 1. The molecule has 1 atom stereocenters. The summed E-state index contributed by atoms with van der Waals surface area (Å²) < 4.78 is 18.7. The summed E-state index contributed by atoms with van der Waals surface area (Å²) in [6.07, 6.45) is 0.103. The van der Waals surface area contributed by atoms with E-state index in [2.05, 4.69) is 14.6 Å². The Morgan fingerprint density at radius 2 is 1.83 bits per heavy atom. The van der Waals surface area contributed by atoms with Gasteiger partial charge >= 0.3 is 0 Å². The van der Waals surface area contributed by atoms with Crippen molar-refractivity contribution in [3.8, 4) is 0 Å². The third kappa shape index (κ3) is 2.86. The van der Waals surface area contributed by atoms with E-state index < -0.39 is 35.5 Å². The van der Waals surface area contributed by atoms with E-state index in [4.69, 9.17) is 0 Å². The summed E-state index contributed by atoms with van der Waals surface area (Å²) in [7, 11) is 0. The van der Waals surface area contributed by atoms with Crippen LogP contribution >= 0.6 is 20.7 Å². The minimum Gasteiger partial charge on any atom is -0.365 e. The van der Waals surface area contributed by atoms with Crippen molar-refractivity contribution in [3.05, 3.63) is 29.1 Å². The van der Waals surface area contributed by atoms with Gasteiger partial charge in [0.05, 0.1) is 31.2 Å². The Morgan fingerprint density at radius 1 is 1.10 bits per heavy atom. The first kappa shape index (κ1) is 18.3. The molecule has 0 bridgehead atoms. The number of nitrogens with one attached hydrogen (secondary N) is 1. The Labute approximate surface area is 174 Å². The molecule has 11 heteroatoms. The molecule has 29 heavy (non-hydrogen) atoms. The lowest BCUT2D eigenvalue weighted by Crippen LogP contribution is -2.57. The van der Waals surface area contributed by atoms with Gasteiger partial charge in [0.2, 0.25) is 11.8 Å². The standard InChI is InChI=1S/C18H15FIN5O4/c19-12-3-10-11(4-14(12)23-5-9(6-23)24-8-20-7-21-24)18(29)25(17(10)28)13-1-2-15(26)22-16(13)27/h3-4,7-9,13H,1-2,5-6H2,(H,22,26,27). The number of amides is 4. The van der Waals surface area contributed by atoms with Crippen LogP contribution in [0.15, 0.2) is 17.2 Å². The summed E-state index contributed by atoms with van der Waals surface area (Å²) in [5, 5.41) is 8.32. The van der Waals surface area contributed by atoms with Gasteiger partial charge in [0.25, 0.3) is 11.8 Å². The van der Waals surface area contributed by atoms with Crippen LogP contribution in [0.2, 0.25) is 0 Å². The molecule has 150 valence electrons. The lowest BCUT2D eigenvalue weighted by atomic mass is 10.0. The molecule has 4 aliphatic heterocycles. The van der Waals surface area contributed by atoms with Gasteiger partial charge in [0.1, 0.15) is 11.9 Å². The number of carbonyl (C=O) groups excluding carboxylic acids is 4. The van der Waals surface area contributed by atoms with Crippen LogP contribution < -0.4 is 10.2 Å². The van der Waals surface area contributed by atoms with Gasteiger partial charge in [-0.1, -0.05) is 20.7 Å². The highest BCUT2D eigenvalue weighted by Crippen LogP contribution is 2.34. The number of nitrogens with zero attached hydrogens (tertiary/aromatic N) is 4. The number of benzene rings is 1. The zero-order valence-corrected chi connectivity index (χ0v) is 17.1. The normalized spacial score (nSPS) is 24.0. The summed E-state index contributed by atoms with van der Waals surface area (Å²) >= 11 is -0.139. The number of hydrogen-bond acceptors (Lipinski definition) is 7. The molecule has 4 heterocycles. The second-order valence-electron chi connectivity index (χ2n) is 7.17. The molecule has 1 unspecified atom stereocenters. The van der Waals surface area contributed by atoms with Crippen LogP contribution in [0.5, 0.6) is 0 Å². The van der Waals surface area contributed by atoms with Gasteiger partial charge in [0, 0.05) is 19.5 Å². The first-order valence-corrected chi connectivity index (χ1v) is 11.5. The van der Waals surface area contributed by atoms with Crippen molar-refractivity contribution >= 4 is 58.4 Å². The number of halogens is 2. The van der Waals surface area contributed by atoms with Crippen molar-refractivity contribution in [2.45, 2.75) is 24.9 Å². The highest BCUT2D eigenvalue weighted by atomic mass is 127. The van der Waals surface area contributed by atoms with Crippen LogP contribution in [-0.2, 0) is 9.59 Å². The molecule has 4 aliphatic rings. The van der Waals surface area contributed by atoms with Crippen molar-refractivity contribution in [1.82, 2.24) is 15.2 Å². The predicted octanol–water partition coefficient (Wildman–Crippen LogP) is 0.405. The van der Waals surface area contributed by atoms with E-state index in [1.165, 1.54) is 6.07 Å². The SMILES string of the molecule is O=C1CCC(N2C(=O)c3cc(F)c(N4CC(N5C=IC=N5)C4)cc3C2=O)C(=O)N1. The Kier molecular flexibility index (Phi) is 4.22. The van der Waals surface area contributed by atoms with Crippen molar-refractivity contribution < 1.29 is 23.6 Å². The fourth-order valence-corrected chi connectivity index (χ4v) is 5.40. The van der Waals surface area contributed by atoms with Crippen molar-refractivity contribution in [2.24, 2.45) is 5.10 Å². The van der Waals surface area contributed by atoms with Gasteiger partial charge in [-0.15, -0.1) is 0 Å². The van der Waals surface area contributed by atoms with Crippen molar-refractivity contribution in [1.29, 1.82) is 0 Å². The molecule has 2 saturated heterocycles. The lowest BCUT2D eigenvalue weighted by Gasteiger charge is -2.43. The quantitative estimate of drug-likeness (QED) is 0.466. The number of piperidine rings is 1. The van der Waals surface area contributed by atoms with Gasteiger partial charge in [-0.3, -0.25) is 34.4 Å². The van der Waals surface area contributed by atoms with Gasteiger partial charge in [0.15, 0.2) is 0 Å². The Bertz CT molecular complexity index is 1020. The topological polar surface area (TPSA) is 102 Å². The largest absolute Gasteiger partial charge is 0.365 e. The molecule has 0 aromatic heterocycles. The minimum absolute atomic E-state index is 0.0385. The van der Waals surface area contributed by atoms with Crippen molar-refractivity contribution in [2.75, 3.05) is 18.0 Å². The number of hydrazone groups is 1. The Balaban J connectivity index is 1.39. The molecule has 2 fully saturated rings. The first-order valence-electron chi connectivity index (χ1n) is 9.00. The molecule has 1 aromatic rings. The highest BCUT2D eigenvalue weighted by Gasteiger charge is 2.45. The summed E-state index contributed by atoms with van der Waals surface area (Å²) in [5.41, 5.74) is 0.278. The number of carbonyl (C=O) groups is 4. The molecule has 9 nitrogen and oxygen atoms in total. The molecular weight excluding hydrogens is 496 g/mol. The van der Waals surface area contributed by atoms with E-state index in [0.717, 1.165) is 11.0 Å². The van der Waals surface area contributed by atoms with E-state index in [1.54, 1.807) is 4.90 Å². The number of fused-ring (bicyclic) bond motifs is 1. The zero-order chi connectivity index (χ0) is 20.3. The molecular formula is C18H15FIN5O4. The molecule has 1 N–H and O–H groups in total. The van der Waals surface area contributed by atoms with Crippen LogP contribution in [0.1, 0.15) is 33.6 Å². The molecule has 1 aromatic carbocycles. The number of hydrogen-bond donors (Lipinski definition) is 1. The van der Waals surface area contributed by atoms with E-state index >= 15 is 0 Å². The van der Waals surface area contributed by atoms with E-state index in [-0.39, 0.29) is 56.4 Å². The maximum atomic E-state index is 14.7. The summed E-state index contributed by atoms with van der Waals surface area (Å²) in [4.78, 5) is 51.7. The van der Waals surface area contributed by atoms with Crippen LogP contribution in [-0.4, -0.2) is 67.1 Å². The van der Waals surface area contributed by atoms with E-state index in [0.29, 0.717) is 13.1 Å². The second kappa shape index (κ2) is 6.68. The predicted molar refractivity (Wildman–Crippen MR) is 109 cm³/mol. The average Bonchev–Trinajstić information content (AvgIpc) is 3.24. The molecule has 4 amide bonds. The van der Waals surface area contributed by atoms with Crippen LogP contribution in [0.25, 0.3) is 0 Å². The number of imide groups is 2. The summed E-state index contributed by atoms with van der Waals surface area (Å²) in [5.74, 6) is -3.07. The third-order valence-electron chi connectivity index (χ3n) is 5.47. The highest BCUT2D eigenvalue weighted by molar-refractivity contribution is 14.2. The lowest BCUT2D eigenvalue weighted by molar-refractivity contribution is -0.136. The molecule has 0 aliphatic carbocycles.